The highest BCUT2D eigenvalue weighted by molar-refractivity contribution is 6.33. The molecule has 23 heavy (non-hydrogen) atoms. The van der Waals surface area contributed by atoms with Crippen LogP contribution in [0.4, 0.5) is 0 Å². The fourth-order valence-corrected chi connectivity index (χ4v) is 2.25. The van der Waals surface area contributed by atoms with Gasteiger partial charge in [0.2, 0.25) is 0 Å². The van der Waals surface area contributed by atoms with E-state index in [1.807, 2.05) is 48.5 Å². The Hall–Kier alpha value is -2.79. The van der Waals surface area contributed by atoms with Crippen molar-refractivity contribution in [2.24, 2.45) is 5.10 Å². The standard InChI is InChI=1S/C17H13ClN4O/c1-12-20-21-16(13-7-3-2-4-8-13)17(23)22(12)19-11-14-9-5-6-10-15(14)18/h2-11H,1H3/b19-11-. The summed E-state index contributed by atoms with van der Waals surface area (Å²) in [6, 6.07) is 16.4. The van der Waals surface area contributed by atoms with Crippen molar-refractivity contribution in [3.05, 3.63) is 81.4 Å². The van der Waals surface area contributed by atoms with Crippen LogP contribution in [-0.2, 0) is 0 Å². The second kappa shape index (κ2) is 6.54. The molecule has 5 nitrogen and oxygen atoms in total. The van der Waals surface area contributed by atoms with Gasteiger partial charge in [-0.25, -0.2) is 0 Å². The molecule has 1 aromatic heterocycles. The fourth-order valence-electron chi connectivity index (χ4n) is 2.07. The maximum absolute atomic E-state index is 12.6. The first kappa shape index (κ1) is 15.1. The van der Waals surface area contributed by atoms with Gasteiger partial charge < -0.3 is 0 Å². The van der Waals surface area contributed by atoms with Crippen molar-refractivity contribution in [3.63, 3.8) is 0 Å². The third-order valence-corrected chi connectivity index (χ3v) is 3.61. The van der Waals surface area contributed by atoms with E-state index in [4.69, 9.17) is 11.6 Å². The summed E-state index contributed by atoms with van der Waals surface area (Å²) in [7, 11) is 0. The average Bonchev–Trinajstić information content (AvgIpc) is 2.57. The zero-order valence-electron chi connectivity index (χ0n) is 12.3. The second-order valence-electron chi connectivity index (χ2n) is 4.84. The highest BCUT2D eigenvalue weighted by atomic mass is 35.5. The Morgan fingerprint density at radius 3 is 2.48 bits per heavy atom. The first-order chi connectivity index (χ1) is 11.2. The lowest BCUT2D eigenvalue weighted by Crippen LogP contribution is -2.24. The van der Waals surface area contributed by atoms with Gasteiger partial charge >= 0.3 is 5.56 Å². The van der Waals surface area contributed by atoms with Crippen LogP contribution < -0.4 is 5.56 Å². The van der Waals surface area contributed by atoms with E-state index in [0.717, 1.165) is 5.56 Å². The zero-order chi connectivity index (χ0) is 16.2. The van der Waals surface area contributed by atoms with Crippen LogP contribution in [0, 0.1) is 6.92 Å². The van der Waals surface area contributed by atoms with Crippen LogP contribution in [0.15, 0.2) is 64.5 Å². The Morgan fingerprint density at radius 2 is 1.74 bits per heavy atom. The molecule has 0 amide bonds. The molecule has 0 radical (unpaired) electrons. The molecule has 0 N–H and O–H groups in total. The average molecular weight is 325 g/mol. The summed E-state index contributed by atoms with van der Waals surface area (Å²) in [6.07, 6.45) is 1.53. The molecular formula is C17H13ClN4O. The maximum Gasteiger partial charge on any atom is 0.301 e. The van der Waals surface area contributed by atoms with Crippen LogP contribution in [-0.4, -0.2) is 21.1 Å². The number of halogens is 1. The van der Waals surface area contributed by atoms with Gasteiger partial charge in [-0.15, -0.1) is 10.2 Å². The molecule has 0 aliphatic carbocycles. The number of aryl methyl sites for hydroxylation is 1. The SMILES string of the molecule is Cc1nnc(-c2ccccc2)c(=O)n1/N=C\c1ccccc1Cl. The van der Waals surface area contributed by atoms with Gasteiger partial charge in [-0.3, -0.25) is 4.79 Å². The largest absolute Gasteiger partial charge is 0.301 e. The van der Waals surface area contributed by atoms with Crippen LogP contribution in [0.25, 0.3) is 11.3 Å². The Morgan fingerprint density at radius 1 is 1.04 bits per heavy atom. The molecule has 0 unspecified atom stereocenters. The number of aromatic nitrogens is 3. The first-order valence-electron chi connectivity index (χ1n) is 6.97. The van der Waals surface area contributed by atoms with Gasteiger partial charge in [0, 0.05) is 16.1 Å². The van der Waals surface area contributed by atoms with Crippen LogP contribution in [0.1, 0.15) is 11.4 Å². The third-order valence-electron chi connectivity index (χ3n) is 3.26. The summed E-state index contributed by atoms with van der Waals surface area (Å²) in [5.74, 6) is 0.401. The Bertz CT molecular complexity index is 919. The summed E-state index contributed by atoms with van der Waals surface area (Å²) >= 11 is 6.09. The number of rotatable bonds is 3. The Labute approximate surface area is 137 Å². The molecule has 3 aromatic rings. The minimum absolute atomic E-state index is 0.257. The van der Waals surface area contributed by atoms with E-state index in [1.54, 1.807) is 13.0 Å². The van der Waals surface area contributed by atoms with Crippen molar-refractivity contribution in [1.29, 1.82) is 0 Å². The molecule has 0 aliphatic heterocycles. The Balaban J connectivity index is 2.07. The minimum atomic E-state index is -0.327. The van der Waals surface area contributed by atoms with E-state index < -0.39 is 0 Å². The quantitative estimate of drug-likeness (QED) is 0.695. The highest BCUT2D eigenvalue weighted by Crippen LogP contribution is 2.13. The molecule has 0 fully saturated rings. The fraction of sp³-hybridized carbons (Fsp3) is 0.0588. The van der Waals surface area contributed by atoms with E-state index in [0.29, 0.717) is 16.4 Å². The summed E-state index contributed by atoms with van der Waals surface area (Å²) in [5, 5.41) is 12.8. The Kier molecular flexibility index (Phi) is 4.30. The van der Waals surface area contributed by atoms with E-state index >= 15 is 0 Å². The van der Waals surface area contributed by atoms with E-state index in [9.17, 15) is 4.79 Å². The van der Waals surface area contributed by atoms with Crippen LogP contribution in [0.3, 0.4) is 0 Å². The molecule has 3 rings (SSSR count). The third kappa shape index (κ3) is 3.19. The van der Waals surface area contributed by atoms with Crippen molar-refractivity contribution in [1.82, 2.24) is 14.9 Å². The van der Waals surface area contributed by atoms with Gasteiger partial charge in [-0.2, -0.15) is 9.78 Å². The molecule has 0 spiro atoms. The zero-order valence-corrected chi connectivity index (χ0v) is 13.1. The van der Waals surface area contributed by atoms with Crippen molar-refractivity contribution in [2.75, 3.05) is 0 Å². The second-order valence-corrected chi connectivity index (χ2v) is 5.25. The highest BCUT2D eigenvalue weighted by Gasteiger charge is 2.10. The number of benzene rings is 2. The summed E-state index contributed by atoms with van der Waals surface area (Å²) < 4.78 is 1.22. The van der Waals surface area contributed by atoms with Gasteiger partial charge in [-0.05, 0) is 13.0 Å². The molecule has 2 aromatic carbocycles. The molecular weight excluding hydrogens is 312 g/mol. The molecule has 0 aliphatic rings. The molecule has 6 heteroatoms. The molecule has 114 valence electrons. The van der Waals surface area contributed by atoms with E-state index in [1.165, 1.54) is 10.9 Å². The predicted molar refractivity (Wildman–Crippen MR) is 90.9 cm³/mol. The van der Waals surface area contributed by atoms with Crippen molar-refractivity contribution in [2.45, 2.75) is 6.92 Å². The molecule has 0 bridgehead atoms. The normalized spacial score (nSPS) is 11.0. The molecule has 0 saturated carbocycles. The van der Waals surface area contributed by atoms with Crippen LogP contribution in [0.5, 0.6) is 0 Å². The van der Waals surface area contributed by atoms with Crippen molar-refractivity contribution < 1.29 is 0 Å². The lowest BCUT2D eigenvalue weighted by Gasteiger charge is -2.05. The minimum Gasteiger partial charge on any atom is -0.265 e. The molecule has 0 saturated heterocycles. The van der Waals surface area contributed by atoms with Gasteiger partial charge in [0.15, 0.2) is 11.5 Å². The number of hydrogen-bond acceptors (Lipinski definition) is 4. The van der Waals surface area contributed by atoms with E-state index in [2.05, 4.69) is 15.3 Å². The van der Waals surface area contributed by atoms with Gasteiger partial charge in [-0.1, -0.05) is 60.1 Å². The van der Waals surface area contributed by atoms with Crippen molar-refractivity contribution >= 4 is 17.8 Å². The smallest absolute Gasteiger partial charge is 0.265 e. The van der Waals surface area contributed by atoms with Gasteiger partial charge in [0.1, 0.15) is 0 Å². The summed E-state index contributed by atoms with van der Waals surface area (Å²) in [5.41, 5.74) is 1.35. The summed E-state index contributed by atoms with van der Waals surface area (Å²) in [4.78, 5) is 12.6. The van der Waals surface area contributed by atoms with Crippen LogP contribution in [0.2, 0.25) is 5.02 Å². The lowest BCUT2D eigenvalue weighted by atomic mass is 10.2. The van der Waals surface area contributed by atoms with Crippen molar-refractivity contribution in [3.8, 4) is 11.3 Å². The number of nitrogens with zero attached hydrogens (tertiary/aromatic N) is 4. The lowest BCUT2D eigenvalue weighted by molar-refractivity contribution is 0.717. The first-order valence-corrected chi connectivity index (χ1v) is 7.35. The maximum atomic E-state index is 12.6. The van der Waals surface area contributed by atoms with Gasteiger partial charge in [0.25, 0.3) is 0 Å². The predicted octanol–water partition coefficient (Wildman–Crippen LogP) is 3.15. The van der Waals surface area contributed by atoms with E-state index in [-0.39, 0.29) is 11.3 Å². The topological polar surface area (TPSA) is 60.1 Å². The number of hydrogen-bond donors (Lipinski definition) is 0. The summed E-state index contributed by atoms with van der Waals surface area (Å²) in [6.45, 7) is 1.67. The van der Waals surface area contributed by atoms with Crippen LogP contribution >= 0.6 is 11.6 Å². The molecule has 1 heterocycles. The van der Waals surface area contributed by atoms with Gasteiger partial charge in [0.05, 0.1) is 6.21 Å². The molecule has 0 atom stereocenters. The monoisotopic (exact) mass is 324 g/mol.